The number of nitriles is 1. The summed E-state index contributed by atoms with van der Waals surface area (Å²) < 4.78 is 11.8. The van der Waals surface area contributed by atoms with Gasteiger partial charge in [-0.1, -0.05) is 49.9 Å². The molecule has 10 heteroatoms. The number of allylic oxidation sites excluding steroid dienone is 3. The van der Waals surface area contributed by atoms with E-state index < -0.39 is 5.92 Å². The molecule has 0 fully saturated rings. The number of Topliss-reactive ketones (excluding diaryl/α,β-unsaturated/α-hetero) is 1. The molecule has 0 radical (unpaired) electrons. The van der Waals surface area contributed by atoms with Crippen molar-refractivity contribution in [2.24, 2.45) is 11.1 Å². The summed E-state index contributed by atoms with van der Waals surface area (Å²) in [6, 6.07) is 7.66. The van der Waals surface area contributed by atoms with Gasteiger partial charge in [-0.25, -0.2) is 0 Å². The van der Waals surface area contributed by atoms with Gasteiger partial charge in [0.1, 0.15) is 17.3 Å². The van der Waals surface area contributed by atoms with Gasteiger partial charge in [-0.2, -0.15) is 5.26 Å². The lowest BCUT2D eigenvalue weighted by atomic mass is 9.68. The van der Waals surface area contributed by atoms with E-state index in [2.05, 4.69) is 30.1 Å². The molecule has 8 nitrogen and oxygen atoms in total. The zero-order chi connectivity index (χ0) is 24.6. The highest BCUT2D eigenvalue weighted by molar-refractivity contribution is 8.01. The normalized spacial score (nSPS) is 19.7. The Bertz CT molecular complexity index is 1240. The summed E-state index contributed by atoms with van der Waals surface area (Å²) in [4.78, 5) is 15.4. The molecule has 0 saturated heterocycles. The van der Waals surface area contributed by atoms with E-state index in [4.69, 9.17) is 15.2 Å². The van der Waals surface area contributed by atoms with Gasteiger partial charge in [-0.3, -0.25) is 9.69 Å². The Hall–Kier alpha value is -3.03. The van der Waals surface area contributed by atoms with Crippen LogP contribution in [0.25, 0.3) is 0 Å². The van der Waals surface area contributed by atoms with Gasteiger partial charge >= 0.3 is 0 Å². The number of methoxy groups -OCH3 is 2. The van der Waals surface area contributed by atoms with Crippen molar-refractivity contribution < 1.29 is 14.3 Å². The monoisotopic (exact) mass is 497 g/mol. The van der Waals surface area contributed by atoms with Crippen LogP contribution < -0.4 is 20.1 Å². The molecule has 1 aliphatic carbocycles. The van der Waals surface area contributed by atoms with Gasteiger partial charge in [0.15, 0.2) is 10.1 Å². The van der Waals surface area contributed by atoms with Crippen molar-refractivity contribution >= 4 is 34.0 Å². The van der Waals surface area contributed by atoms with E-state index in [1.165, 1.54) is 11.3 Å². The number of thioether (sulfide) groups is 1. The van der Waals surface area contributed by atoms with Gasteiger partial charge in [0.25, 0.3) is 0 Å². The Labute approximate surface area is 207 Å². The second-order valence-electron chi connectivity index (χ2n) is 8.87. The average Bonchev–Trinajstić information content (AvgIpc) is 3.25. The number of ketones is 1. The molecule has 178 valence electrons. The lowest BCUT2D eigenvalue weighted by molar-refractivity contribution is -0.118. The van der Waals surface area contributed by atoms with E-state index in [0.717, 1.165) is 15.8 Å². The first-order valence-electron chi connectivity index (χ1n) is 10.9. The summed E-state index contributed by atoms with van der Waals surface area (Å²) in [5.41, 5.74) is 8.72. The number of rotatable bonds is 6. The minimum absolute atomic E-state index is 0.00737. The molecular weight excluding hydrogens is 470 g/mol. The van der Waals surface area contributed by atoms with Crippen molar-refractivity contribution in [3.63, 3.8) is 0 Å². The van der Waals surface area contributed by atoms with Crippen molar-refractivity contribution in [3.05, 3.63) is 46.4 Å². The van der Waals surface area contributed by atoms with Crippen LogP contribution in [0.3, 0.4) is 0 Å². The number of carbonyl (C=O) groups is 1. The number of nitrogens with two attached hydrogens (primary N) is 1. The van der Waals surface area contributed by atoms with Crippen LogP contribution in [0, 0.1) is 16.7 Å². The van der Waals surface area contributed by atoms with Gasteiger partial charge in [-0.15, -0.1) is 10.2 Å². The maximum absolute atomic E-state index is 13.6. The Balaban J connectivity index is 1.97. The Morgan fingerprint density at radius 2 is 2.06 bits per heavy atom. The fourth-order valence-corrected chi connectivity index (χ4v) is 6.35. The van der Waals surface area contributed by atoms with Gasteiger partial charge < -0.3 is 15.2 Å². The second-order valence-corrected chi connectivity index (χ2v) is 11.3. The lowest BCUT2D eigenvalue weighted by Crippen LogP contribution is -2.42. The van der Waals surface area contributed by atoms with Crippen LogP contribution in [0.5, 0.6) is 11.5 Å². The topological polar surface area (TPSA) is 114 Å². The Morgan fingerprint density at radius 3 is 2.71 bits per heavy atom. The fraction of sp³-hybridized carbons (Fsp3) is 0.417. The van der Waals surface area contributed by atoms with Gasteiger partial charge in [0.2, 0.25) is 5.13 Å². The van der Waals surface area contributed by atoms with E-state index >= 15 is 0 Å². The maximum atomic E-state index is 13.6. The van der Waals surface area contributed by atoms with E-state index in [0.29, 0.717) is 40.6 Å². The quantitative estimate of drug-likeness (QED) is 0.571. The molecule has 34 heavy (non-hydrogen) atoms. The van der Waals surface area contributed by atoms with E-state index in [-0.39, 0.29) is 22.6 Å². The number of hydrogen-bond acceptors (Lipinski definition) is 10. The van der Waals surface area contributed by atoms with E-state index in [1.54, 1.807) is 43.0 Å². The number of anilines is 1. The molecule has 0 bridgehead atoms. The summed E-state index contributed by atoms with van der Waals surface area (Å²) in [5.74, 6) is 1.63. The predicted octanol–water partition coefficient (Wildman–Crippen LogP) is 4.61. The number of ether oxygens (including phenoxy) is 2. The number of benzene rings is 1. The first-order valence-corrected chi connectivity index (χ1v) is 12.7. The van der Waals surface area contributed by atoms with Crippen LogP contribution in [0.15, 0.2) is 45.2 Å². The largest absolute Gasteiger partial charge is 0.497 e. The van der Waals surface area contributed by atoms with Crippen LogP contribution >= 0.6 is 23.1 Å². The maximum Gasteiger partial charge on any atom is 0.219 e. The molecule has 1 aromatic heterocycles. The molecule has 0 amide bonds. The molecule has 1 aliphatic heterocycles. The van der Waals surface area contributed by atoms with Crippen LogP contribution in [0.2, 0.25) is 0 Å². The molecule has 1 atom stereocenters. The van der Waals surface area contributed by atoms with Crippen molar-refractivity contribution in [1.82, 2.24) is 10.2 Å². The fourth-order valence-electron chi connectivity index (χ4n) is 4.57. The van der Waals surface area contributed by atoms with Crippen LogP contribution in [0.1, 0.15) is 45.1 Å². The van der Waals surface area contributed by atoms with Crippen LogP contribution in [-0.4, -0.2) is 36.0 Å². The van der Waals surface area contributed by atoms with Crippen molar-refractivity contribution in [2.75, 3.05) is 24.9 Å². The molecule has 2 N–H and O–H groups in total. The third-order valence-electron chi connectivity index (χ3n) is 5.99. The zero-order valence-electron chi connectivity index (χ0n) is 19.8. The lowest BCUT2D eigenvalue weighted by Gasteiger charge is -2.42. The molecule has 1 unspecified atom stereocenters. The van der Waals surface area contributed by atoms with E-state index in [9.17, 15) is 10.1 Å². The number of nitrogens with zero attached hydrogens (tertiary/aromatic N) is 4. The highest BCUT2D eigenvalue weighted by Gasteiger charge is 2.46. The molecule has 4 rings (SSSR count). The summed E-state index contributed by atoms with van der Waals surface area (Å²) >= 11 is 2.99. The molecule has 2 aliphatic rings. The van der Waals surface area contributed by atoms with Crippen LogP contribution in [0.4, 0.5) is 5.13 Å². The third kappa shape index (κ3) is 4.14. The highest BCUT2D eigenvalue weighted by atomic mass is 32.2. The molecular formula is C24H27N5O3S2. The van der Waals surface area contributed by atoms with Crippen molar-refractivity contribution in [1.29, 1.82) is 5.26 Å². The highest BCUT2D eigenvalue weighted by Crippen LogP contribution is 2.52. The SMILES string of the molecule is CCSc1nnc(N2C(N)=C(C#N)C(c3ccc(OC)cc3OC)C3=C2CC(C)(C)CC3=O)s1. The van der Waals surface area contributed by atoms with Gasteiger partial charge in [0, 0.05) is 29.3 Å². The standard InChI is InChI=1S/C24H27N5O3S2/c1-6-33-23-28-27-22(34-23)29-16-10-24(2,3)11-17(30)20(16)19(15(12-25)21(29)26)14-8-7-13(31-4)9-18(14)32-5/h7-9,19H,6,10-11,26H2,1-5H3. The summed E-state index contributed by atoms with van der Waals surface area (Å²) in [7, 11) is 3.13. The summed E-state index contributed by atoms with van der Waals surface area (Å²) in [6.07, 6.45) is 0.985. The molecule has 0 spiro atoms. The first-order chi connectivity index (χ1) is 16.2. The average molecular weight is 498 g/mol. The van der Waals surface area contributed by atoms with Gasteiger partial charge in [0.05, 0.1) is 31.8 Å². The zero-order valence-corrected chi connectivity index (χ0v) is 21.5. The number of hydrogen-bond donors (Lipinski definition) is 1. The van der Waals surface area contributed by atoms with Crippen molar-refractivity contribution in [2.45, 2.75) is 43.9 Å². The molecule has 1 aromatic carbocycles. The predicted molar refractivity (Wildman–Crippen MR) is 133 cm³/mol. The minimum Gasteiger partial charge on any atom is -0.497 e. The summed E-state index contributed by atoms with van der Waals surface area (Å²) in [5, 5.41) is 19.4. The number of carbonyl (C=O) groups excluding carboxylic acids is 1. The van der Waals surface area contributed by atoms with Gasteiger partial charge in [-0.05, 0) is 23.7 Å². The van der Waals surface area contributed by atoms with E-state index in [1.807, 2.05) is 13.0 Å². The molecule has 0 saturated carbocycles. The Morgan fingerprint density at radius 1 is 1.29 bits per heavy atom. The molecule has 2 heterocycles. The second kappa shape index (κ2) is 9.31. The Kier molecular flexibility index (Phi) is 6.60. The molecule has 2 aromatic rings. The number of aromatic nitrogens is 2. The minimum atomic E-state index is -0.641. The van der Waals surface area contributed by atoms with Crippen molar-refractivity contribution in [3.8, 4) is 17.6 Å². The first kappa shape index (κ1) is 24.1. The smallest absolute Gasteiger partial charge is 0.219 e. The van der Waals surface area contributed by atoms with Crippen LogP contribution in [-0.2, 0) is 4.79 Å². The summed E-state index contributed by atoms with van der Waals surface area (Å²) in [6.45, 7) is 6.17. The third-order valence-corrected chi connectivity index (χ3v) is 7.91.